The van der Waals surface area contributed by atoms with Gasteiger partial charge >= 0.3 is 6.03 Å². The van der Waals surface area contributed by atoms with E-state index in [-0.39, 0.29) is 23.9 Å². The zero-order chi connectivity index (χ0) is 18.4. The summed E-state index contributed by atoms with van der Waals surface area (Å²) >= 11 is 0. The molecule has 25 heavy (non-hydrogen) atoms. The first-order valence-corrected chi connectivity index (χ1v) is 9.30. The molecule has 1 aliphatic heterocycles. The fraction of sp³-hybridized carbons (Fsp3) is 0.600. The van der Waals surface area contributed by atoms with Crippen LogP contribution in [0.5, 0.6) is 0 Å². The van der Waals surface area contributed by atoms with Crippen LogP contribution in [0.1, 0.15) is 62.4 Å². The number of urea groups is 1. The molecule has 2 N–H and O–H groups in total. The summed E-state index contributed by atoms with van der Waals surface area (Å²) in [5, 5.41) is 5.93. The topological polar surface area (TPSA) is 61.4 Å². The minimum Gasteiger partial charge on any atom is -0.352 e. The first-order valence-electron chi connectivity index (χ1n) is 9.30. The lowest BCUT2D eigenvalue weighted by molar-refractivity contribution is 0.0948. The summed E-state index contributed by atoms with van der Waals surface area (Å²) in [7, 11) is 0. The average Bonchev–Trinajstić information content (AvgIpc) is 2.59. The second-order valence-corrected chi connectivity index (χ2v) is 7.62. The van der Waals surface area contributed by atoms with Crippen molar-refractivity contribution in [2.45, 2.75) is 52.5 Å². The van der Waals surface area contributed by atoms with E-state index in [9.17, 15) is 9.59 Å². The third kappa shape index (κ3) is 5.76. The Kier molecular flexibility index (Phi) is 6.85. The van der Waals surface area contributed by atoms with Gasteiger partial charge < -0.3 is 15.5 Å². The maximum atomic E-state index is 12.3. The molecular formula is C20H31N3O2. The molecule has 1 aliphatic rings. The van der Waals surface area contributed by atoms with E-state index in [1.807, 2.05) is 36.9 Å². The molecule has 0 aliphatic carbocycles. The Morgan fingerprint density at radius 2 is 2.00 bits per heavy atom. The highest BCUT2D eigenvalue weighted by atomic mass is 16.2. The van der Waals surface area contributed by atoms with Gasteiger partial charge in [-0.1, -0.05) is 26.0 Å². The Bertz CT molecular complexity index is 598. The van der Waals surface area contributed by atoms with Gasteiger partial charge in [-0.2, -0.15) is 0 Å². The molecule has 1 fully saturated rings. The Labute approximate surface area is 151 Å². The van der Waals surface area contributed by atoms with Crippen molar-refractivity contribution in [1.29, 1.82) is 0 Å². The van der Waals surface area contributed by atoms with Crippen LogP contribution in [-0.4, -0.2) is 42.5 Å². The van der Waals surface area contributed by atoms with E-state index in [0.717, 1.165) is 24.9 Å². The van der Waals surface area contributed by atoms with Gasteiger partial charge in [0.2, 0.25) is 0 Å². The van der Waals surface area contributed by atoms with Crippen LogP contribution >= 0.6 is 0 Å². The largest absolute Gasteiger partial charge is 0.352 e. The van der Waals surface area contributed by atoms with Gasteiger partial charge in [0.15, 0.2) is 0 Å². The highest BCUT2D eigenvalue weighted by molar-refractivity contribution is 5.94. The molecular weight excluding hydrogens is 314 g/mol. The number of nitrogens with zero attached hydrogens (tertiary/aromatic N) is 1. The van der Waals surface area contributed by atoms with Crippen LogP contribution in [0.3, 0.4) is 0 Å². The number of rotatable bonds is 5. The van der Waals surface area contributed by atoms with Crippen molar-refractivity contribution in [2.24, 2.45) is 5.92 Å². The van der Waals surface area contributed by atoms with E-state index in [4.69, 9.17) is 0 Å². The molecule has 0 bridgehead atoms. The number of likely N-dealkylation sites (tertiary alicyclic amines) is 1. The van der Waals surface area contributed by atoms with Crippen LogP contribution in [0.15, 0.2) is 24.3 Å². The Morgan fingerprint density at radius 1 is 1.24 bits per heavy atom. The monoisotopic (exact) mass is 345 g/mol. The summed E-state index contributed by atoms with van der Waals surface area (Å²) < 4.78 is 0. The van der Waals surface area contributed by atoms with Crippen LogP contribution in [0.25, 0.3) is 0 Å². The number of carbonyl (C=O) groups is 2. The minimum atomic E-state index is -0.0271. The fourth-order valence-electron chi connectivity index (χ4n) is 3.10. The Hall–Kier alpha value is -2.04. The molecule has 5 nitrogen and oxygen atoms in total. The third-order valence-corrected chi connectivity index (χ3v) is 4.41. The second kappa shape index (κ2) is 8.88. The van der Waals surface area contributed by atoms with Gasteiger partial charge in [0.1, 0.15) is 0 Å². The van der Waals surface area contributed by atoms with Crippen molar-refractivity contribution in [3.05, 3.63) is 35.4 Å². The molecule has 0 spiro atoms. The summed E-state index contributed by atoms with van der Waals surface area (Å²) in [5.74, 6) is 0.684. The van der Waals surface area contributed by atoms with Gasteiger partial charge in [-0.3, -0.25) is 4.79 Å². The van der Waals surface area contributed by atoms with Crippen LogP contribution in [0, 0.1) is 5.92 Å². The molecule has 0 saturated carbocycles. The lowest BCUT2D eigenvalue weighted by Crippen LogP contribution is -2.47. The summed E-state index contributed by atoms with van der Waals surface area (Å²) in [6.07, 6.45) is 2.03. The van der Waals surface area contributed by atoms with E-state index >= 15 is 0 Å². The molecule has 0 aromatic heterocycles. The SMILES string of the molecule is CC(C)CNC(=O)c1cccc(C2CCCN(C(=O)NC(C)C)C2)c1. The summed E-state index contributed by atoms with van der Waals surface area (Å²) in [4.78, 5) is 26.4. The summed E-state index contributed by atoms with van der Waals surface area (Å²) in [6, 6.07) is 7.97. The molecule has 1 unspecified atom stereocenters. The van der Waals surface area contributed by atoms with Crippen molar-refractivity contribution in [2.75, 3.05) is 19.6 Å². The van der Waals surface area contributed by atoms with E-state index in [1.54, 1.807) is 0 Å². The Morgan fingerprint density at radius 3 is 2.68 bits per heavy atom. The molecule has 5 heteroatoms. The predicted octanol–water partition coefficient (Wildman–Crippen LogP) is 3.37. The molecule has 2 rings (SSSR count). The number of carbonyl (C=O) groups excluding carboxylic acids is 2. The molecule has 1 aromatic rings. The highest BCUT2D eigenvalue weighted by Gasteiger charge is 2.25. The Balaban J connectivity index is 2.04. The smallest absolute Gasteiger partial charge is 0.317 e. The molecule has 138 valence electrons. The first-order chi connectivity index (χ1) is 11.9. The zero-order valence-electron chi connectivity index (χ0n) is 15.8. The minimum absolute atomic E-state index is 0.00512. The highest BCUT2D eigenvalue weighted by Crippen LogP contribution is 2.27. The number of hydrogen-bond acceptors (Lipinski definition) is 2. The number of nitrogens with one attached hydrogen (secondary N) is 2. The quantitative estimate of drug-likeness (QED) is 0.859. The zero-order valence-corrected chi connectivity index (χ0v) is 15.8. The molecule has 1 heterocycles. The number of hydrogen-bond donors (Lipinski definition) is 2. The van der Waals surface area contributed by atoms with Crippen LogP contribution in [-0.2, 0) is 0 Å². The lowest BCUT2D eigenvalue weighted by atomic mass is 9.89. The van der Waals surface area contributed by atoms with Crippen molar-refractivity contribution in [3.63, 3.8) is 0 Å². The van der Waals surface area contributed by atoms with E-state index in [0.29, 0.717) is 24.6 Å². The maximum absolute atomic E-state index is 12.3. The average molecular weight is 345 g/mol. The molecule has 1 saturated heterocycles. The number of benzene rings is 1. The number of amides is 3. The maximum Gasteiger partial charge on any atom is 0.317 e. The van der Waals surface area contributed by atoms with Gasteiger partial charge in [-0.05, 0) is 50.3 Å². The predicted molar refractivity (Wildman–Crippen MR) is 101 cm³/mol. The normalized spacial score (nSPS) is 17.7. The second-order valence-electron chi connectivity index (χ2n) is 7.62. The summed E-state index contributed by atoms with van der Waals surface area (Å²) in [6.45, 7) is 10.3. The van der Waals surface area contributed by atoms with Gasteiger partial charge in [0, 0.05) is 37.2 Å². The summed E-state index contributed by atoms with van der Waals surface area (Å²) in [5.41, 5.74) is 1.83. The van der Waals surface area contributed by atoms with Crippen LogP contribution < -0.4 is 10.6 Å². The van der Waals surface area contributed by atoms with Gasteiger partial charge in [-0.15, -0.1) is 0 Å². The van der Waals surface area contributed by atoms with Crippen molar-refractivity contribution in [3.8, 4) is 0 Å². The number of piperidine rings is 1. The van der Waals surface area contributed by atoms with Crippen molar-refractivity contribution >= 4 is 11.9 Å². The third-order valence-electron chi connectivity index (χ3n) is 4.41. The first kappa shape index (κ1) is 19.3. The van der Waals surface area contributed by atoms with Gasteiger partial charge in [0.05, 0.1) is 0 Å². The van der Waals surface area contributed by atoms with E-state index < -0.39 is 0 Å². The van der Waals surface area contributed by atoms with E-state index in [2.05, 4.69) is 30.5 Å². The molecule has 1 atom stereocenters. The molecule has 3 amide bonds. The van der Waals surface area contributed by atoms with Gasteiger partial charge in [-0.25, -0.2) is 4.79 Å². The lowest BCUT2D eigenvalue weighted by Gasteiger charge is -2.33. The fourth-order valence-corrected chi connectivity index (χ4v) is 3.10. The molecule has 0 radical (unpaired) electrons. The van der Waals surface area contributed by atoms with Crippen LogP contribution in [0.2, 0.25) is 0 Å². The van der Waals surface area contributed by atoms with Crippen molar-refractivity contribution < 1.29 is 9.59 Å². The van der Waals surface area contributed by atoms with E-state index in [1.165, 1.54) is 0 Å². The van der Waals surface area contributed by atoms with Gasteiger partial charge in [0.25, 0.3) is 5.91 Å². The molecule has 1 aromatic carbocycles. The standard InChI is InChI=1S/C20H31N3O2/c1-14(2)12-21-19(24)17-8-5-7-16(11-17)18-9-6-10-23(13-18)20(25)22-15(3)4/h5,7-8,11,14-15,18H,6,9-10,12-13H2,1-4H3,(H,21,24)(H,22,25). The van der Waals surface area contributed by atoms with Crippen LogP contribution in [0.4, 0.5) is 4.79 Å². The van der Waals surface area contributed by atoms with Crippen molar-refractivity contribution in [1.82, 2.24) is 15.5 Å².